The summed E-state index contributed by atoms with van der Waals surface area (Å²) in [7, 11) is 0. The van der Waals surface area contributed by atoms with Crippen molar-refractivity contribution in [3.63, 3.8) is 0 Å². The van der Waals surface area contributed by atoms with Gasteiger partial charge in [0.2, 0.25) is 0 Å². The van der Waals surface area contributed by atoms with E-state index in [4.69, 9.17) is 0 Å². The topological polar surface area (TPSA) is 15.3 Å². The summed E-state index contributed by atoms with van der Waals surface area (Å²) in [4.78, 5) is 5.49. The second-order valence-corrected chi connectivity index (χ2v) is 6.23. The Morgan fingerprint density at radius 1 is 1.37 bits per heavy atom. The van der Waals surface area contributed by atoms with E-state index in [1.54, 1.807) is 0 Å². The highest BCUT2D eigenvalue weighted by Crippen LogP contribution is 2.32. The minimum atomic E-state index is 0. The van der Waals surface area contributed by atoms with Gasteiger partial charge in [0.1, 0.15) is 0 Å². The van der Waals surface area contributed by atoms with Crippen LogP contribution < -0.4 is 5.32 Å². The molecule has 1 fully saturated rings. The van der Waals surface area contributed by atoms with Crippen LogP contribution in [0.2, 0.25) is 0 Å². The fourth-order valence-corrected chi connectivity index (χ4v) is 3.38. The van der Waals surface area contributed by atoms with Gasteiger partial charge in [0, 0.05) is 42.0 Å². The molecule has 1 aliphatic heterocycles. The first-order chi connectivity index (χ1) is 8.16. The van der Waals surface area contributed by atoms with Gasteiger partial charge in [0.15, 0.2) is 0 Å². The van der Waals surface area contributed by atoms with E-state index in [0.717, 1.165) is 32.6 Å². The van der Waals surface area contributed by atoms with Crippen molar-refractivity contribution in [1.82, 2.24) is 10.2 Å². The van der Waals surface area contributed by atoms with Crippen molar-refractivity contribution >= 4 is 36.2 Å². The molecule has 2 rings (SSSR count). The Bertz CT molecular complexity index is 387. The molecule has 1 saturated heterocycles. The first-order valence-electron chi connectivity index (χ1n) is 6.32. The Kier molecular flexibility index (Phi) is 8.95. The Balaban J connectivity index is 0.00000162. The van der Waals surface area contributed by atoms with Crippen LogP contribution in [0.25, 0.3) is 0 Å². The molecule has 1 N–H and O–H groups in total. The molecule has 0 aromatic carbocycles. The fraction of sp³-hybridized carbons (Fsp3) is 0.571. The van der Waals surface area contributed by atoms with Crippen LogP contribution in [0.15, 0.2) is 24.3 Å². The molecule has 1 aromatic rings. The second kappa shape index (κ2) is 8.98. The normalized spacial score (nSPS) is 17.2. The van der Waals surface area contributed by atoms with Crippen LogP contribution in [0.3, 0.4) is 0 Å². The third kappa shape index (κ3) is 5.44. The first kappa shape index (κ1) is 18.9. The van der Waals surface area contributed by atoms with E-state index in [1.807, 2.05) is 11.3 Å². The lowest BCUT2D eigenvalue weighted by Gasteiger charge is -2.34. The van der Waals surface area contributed by atoms with E-state index in [9.17, 15) is 0 Å². The molecule has 0 saturated carbocycles. The highest BCUT2D eigenvalue weighted by molar-refractivity contribution is 7.12. The summed E-state index contributed by atoms with van der Waals surface area (Å²) < 4.78 is 0. The van der Waals surface area contributed by atoms with Crippen molar-refractivity contribution in [2.75, 3.05) is 26.2 Å². The average molecular weight is 323 g/mol. The summed E-state index contributed by atoms with van der Waals surface area (Å²) in [6, 6.07) is 5.05. The van der Waals surface area contributed by atoms with Crippen molar-refractivity contribution in [1.29, 1.82) is 0 Å². The zero-order chi connectivity index (χ0) is 12.3. The van der Waals surface area contributed by atoms with Crippen LogP contribution in [0.1, 0.15) is 29.1 Å². The lowest BCUT2D eigenvalue weighted by Crippen LogP contribution is -2.45. The zero-order valence-corrected chi connectivity index (χ0v) is 14.1. The van der Waals surface area contributed by atoms with Crippen LogP contribution in [0.4, 0.5) is 0 Å². The number of halogens is 2. The van der Waals surface area contributed by atoms with Gasteiger partial charge in [-0.15, -0.1) is 42.7 Å². The van der Waals surface area contributed by atoms with Crippen molar-refractivity contribution in [2.24, 2.45) is 0 Å². The highest BCUT2D eigenvalue weighted by atomic mass is 35.5. The molecular formula is C14H24Cl2N2S. The van der Waals surface area contributed by atoms with Crippen molar-refractivity contribution in [3.8, 4) is 0 Å². The number of piperazine rings is 1. The van der Waals surface area contributed by atoms with Crippen molar-refractivity contribution < 1.29 is 0 Å². The average Bonchev–Trinajstić information content (AvgIpc) is 2.73. The molecule has 0 radical (unpaired) electrons. The van der Waals surface area contributed by atoms with Crippen LogP contribution in [0.5, 0.6) is 0 Å². The quantitative estimate of drug-likeness (QED) is 0.848. The molecule has 1 aliphatic rings. The van der Waals surface area contributed by atoms with Crippen molar-refractivity contribution in [2.45, 2.75) is 26.3 Å². The maximum absolute atomic E-state index is 4.08. The SMILES string of the molecule is C=C(C)C[C@H](c1ccc(C)s1)N1CCNCC1.Cl.Cl. The van der Waals surface area contributed by atoms with Gasteiger partial charge in [-0.05, 0) is 32.4 Å². The Hall–Kier alpha value is -0.0600. The van der Waals surface area contributed by atoms with Gasteiger partial charge in [-0.2, -0.15) is 0 Å². The number of thiophene rings is 1. The molecule has 0 spiro atoms. The maximum atomic E-state index is 4.08. The molecule has 1 aromatic heterocycles. The molecular weight excluding hydrogens is 299 g/mol. The van der Waals surface area contributed by atoms with Gasteiger partial charge in [0.25, 0.3) is 0 Å². The van der Waals surface area contributed by atoms with E-state index in [1.165, 1.54) is 15.3 Å². The summed E-state index contributed by atoms with van der Waals surface area (Å²) in [5, 5.41) is 3.42. The predicted octanol–water partition coefficient (Wildman–Crippen LogP) is 3.81. The minimum absolute atomic E-state index is 0. The van der Waals surface area contributed by atoms with E-state index in [2.05, 4.69) is 42.8 Å². The summed E-state index contributed by atoms with van der Waals surface area (Å²) in [6.07, 6.45) is 1.08. The first-order valence-corrected chi connectivity index (χ1v) is 7.14. The number of hydrogen-bond acceptors (Lipinski definition) is 3. The predicted molar refractivity (Wildman–Crippen MR) is 90.2 cm³/mol. The second-order valence-electron chi connectivity index (χ2n) is 4.91. The smallest absolute Gasteiger partial charge is 0.0479 e. The number of rotatable bonds is 4. The summed E-state index contributed by atoms with van der Waals surface area (Å²) in [5.74, 6) is 0. The maximum Gasteiger partial charge on any atom is 0.0479 e. The van der Waals surface area contributed by atoms with Crippen LogP contribution in [0, 0.1) is 6.92 Å². The number of nitrogens with one attached hydrogen (secondary N) is 1. The largest absolute Gasteiger partial charge is 0.314 e. The molecule has 1 atom stereocenters. The molecule has 0 aliphatic carbocycles. The molecule has 5 heteroatoms. The van der Waals surface area contributed by atoms with Gasteiger partial charge in [0.05, 0.1) is 0 Å². The van der Waals surface area contributed by atoms with Gasteiger partial charge < -0.3 is 5.32 Å². The molecule has 0 amide bonds. The lowest BCUT2D eigenvalue weighted by molar-refractivity contribution is 0.175. The van der Waals surface area contributed by atoms with Gasteiger partial charge >= 0.3 is 0 Å². The molecule has 0 bridgehead atoms. The molecule has 2 heterocycles. The standard InChI is InChI=1S/C14H22N2S.2ClH/c1-11(2)10-13(14-5-4-12(3)17-14)16-8-6-15-7-9-16;;/h4-5,13,15H,1,6-10H2,2-3H3;2*1H/t13-;;/m1../s1. The third-order valence-electron chi connectivity index (χ3n) is 3.22. The van der Waals surface area contributed by atoms with Crippen LogP contribution in [-0.2, 0) is 0 Å². The minimum Gasteiger partial charge on any atom is -0.314 e. The summed E-state index contributed by atoms with van der Waals surface area (Å²) >= 11 is 1.93. The highest BCUT2D eigenvalue weighted by Gasteiger charge is 2.23. The van der Waals surface area contributed by atoms with Crippen LogP contribution >= 0.6 is 36.2 Å². The fourth-order valence-electron chi connectivity index (χ4n) is 2.37. The summed E-state index contributed by atoms with van der Waals surface area (Å²) in [6.45, 7) is 12.9. The molecule has 19 heavy (non-hydrogen) atoms. The lowest BCUT2D eigenvalue weighted by atomic mass is 10.0. The van der Waals surface area contributed by atoms with Gasteiger partial charge in [-0.25, -0.2) is 0 Å². The summed E-state index contributed by atoms with van der Waals surface area (Å²) in [5.41, 5.74) is 1.28. The Morgan fingerprint density at radius 2 is 2.00 bits per heavy atom. The van der Waals surface area contributed by atoms with E-state index in [0.29, 0.717) is 6.04 Å². The van der Waals surface area contributed by atoms with E-state index in [-0.39, 0.29) is 24.8 Å². The van der Waals surface area contributed by atoms with E-state index >= 15 is 0 Å². The van der Waals surface area contributed by atoms with Crippen molar-refractivity contribution in [3.05, 3.63) is 34.0 Å². The molecule has 110 valence electrons. The van der Waals surface area contributed by atoms with Crippen LogP contribution in [-0.4, -0.2) is 31.1 Å². The molecule has 2 nitrogen and oxygen atoms in total. The van der Waals surface area contributed by atoms with E-state index < -0.39 is 0 Å². The van der Waals surface area contributed by atoms with Gasteiger partial charge in [-0.3, -0.25) is 4.90 Å². The Morgan fingerprint density at radius 3 is 2.47 bits per heavy atom. The number of hydrogen-bond donors (Lipinski definition) is 1. The van der Waals surface area contributed by atoms with Gasteiger partial charge in [-0.1, -0.05) is 5.57 Å². The number of nitrogens with zero attached hydrogens (tertiary/aromatic N) is 1. The zero-order valence-electron chi connectivity index (χ0n) is 11.6. The Labute approximate surface area is 133 Å². The third-order valence-corrected chi connectivity index (χ3v) is 4.33. The molecule has 0 unspecified atom stereocenters. The monoisotopic (exact) mass is 322 g/mol. The number of aryl methyl sites for hydroxylation is 1.